The molecule has 1 amide bonds. The van der Waals surface area contributed by atoms with Gasteiger partial charge in [-0.25, -0.2) is 12.8 Å². The van der Waals surface area contributed by atoms with Crippen molar-refractivity contribution < 1.29 is 17.6 Å². The molecular weight excluding hydrogens is 295 g/mol. The fourth-order valence-corrected chi connectivity index (χ4v) is 2.53. The van der Waals surface area contributed by atoms with Crippen molar-refractivity contribution in [3.63, 3.8) is 0 Å². The van der Waals surface area contributed by atoms with Crippen molar-refractivity contribution in [1.29, 1.82) is 0 Å². The molecule has 1 rings (SSSR count). The summed E-state index contributed by atoms with van der Waals surface area (Å²) < 4.78 is 38.2. The molecule has 1 aromatic carbocycles. The van der Waals surface area contributed by atoms with E-state index in [1.54, 1.807) is 0 Å². The van der Waals surface area contributed by atoms with Crippen LogP contribution in [0.2, 0.25) is 0 Å². The Balaban J connectivity index is 3.03. The number of rotatable bonds is 6. The zero-order chi connectivity index (χ0) is 16.3. The Kier molecular flexibility index (Phi) is 5.33. The number of anilines is 1. The number of halogens is 1. The predicted octanol–water partition coefficient (Wildman–Crippen LogP) is 1.90. The van der Waals surface area contributed by atoms with E-state index < -0.39 is 33.8 Å². The van der Waals surface area contributed by atoms with E-state index in [4.69, 9.17) is 0 Å². The lowest BCUT2D eigenvalue weighted by atomic mass is 10.0. The van der Waals surface area contributed by atoms with Gasteiger partial charge in [0.05, 0.1) is 11.9 Å². The van der Waals surface area contributed by atoms with Gasteiger partial charge in [-0.3, -0.25) is 9.10 Å². The van der Waals surface area contributed by atoms with Crippen molar-refractivity contribution in [2.45, 2.75) is 32.7 Å². The first-order valence-electron chi connectivity index (χ1n) is 6.60. The molecule has 0 radical (unpaired) electrons. The topological polar surface area (TPSA) is 66.5 Å². The van der Waals surface area contributed by atoms with Gasteiger partial charge in [-0.1, -0.05) is 19.1 Å². The largest absolute Gasteiger partial charge is 0.350 e. The van der Waals surface area contributed by atoms with Crippen molar-refractivity contribution in [3.05, 3.63) is 30.1 Å². The molecule has 7 heteroatoms. The summed E-state index contributed by atoms with van der Waals surface area (Å²) in [5.41, 5.74) is -0.584. The Hall–Kier alpha value is -1.63. The average molecular weight is 316 g/mol. The standard InChI is InChI=1S/C14H21FN2O3S/c1-5-14(2,3)16-13(18)10-17(21(4,19)20)12-9-7-6-8-11(12)15/h6-9H,5,10H2,1-4H3,(H,16,18). The number of hydrogen-bond donors (Lipinski definition) is 1. The van der Waals surface area contributed by atoms with Crippen LogP contribution in [0.15, 0.2) is 24.3 Å². The first kappa shape index (κ1) is 17.4. The van der Waals surface area contributed by atoms with E-state index in [1.807, 2.05) is 20.8 Å². The van der Waals surface area contributed by atoms with Crippen LogP contribution in [-0.2, 0) is 14.8 Å². The van der Waals surface area contributed by atoms with E-state index in [0.717, 1.165) is 16.6 Å². The number of nitrogens with one attached hydrogen (secondary N) is 1. The highest BCUT2D eigenvalue weighted by atomic mass is 32.2. The van der Waals surface area contributed by atoms with Crippen molar-refractivity contribution in [2.24, 2.45) is 0 Å². The number of carbonyl (C=O) groups is 1. The maximum atomic E-state index is 13.8. The maximum absolute atomic E-state index is 13.8. The summed E-state index contributed by atoms with van der Waals surface area (Å²) in [4.78, 5) is 12.0. The number of hydrogen-bond acceptors (Lipinski definition) is 3. The minimum Gasteiger partial charge on any atom is -0.350 e. The quantitative estimate of drug-likeness (QED) is 0.871. The van der Waals surface area contributed by atoms with Gasteiger partial charge in [0.1, 0.15) is 12.4 Å². The first-order valence-corrected chi connectivity index (χ1v) is 8.45. The number of nitrogens with zero attached hydrogens (tertiary/aromatic N) is 1. The van der Waals surface area contributed by atoms with Gasteiger partial charge in [-0.05, 0) is 32.4 Å². The molecule has 0 aliphatic carbocycles. The number of benzene rings is 1. The van der Waals surface area contributed by atoms with Gasteiger partial charge in [-0.2, -0.15) is 0 Å². The molecule has 0 aromatic heterocycles. The molecule has 1 aromatic rings. The maximum Gasteiger partial charge on any atom is 0.241 e. The highest BCUT2D eigenvalue weighted by molar-refractivity contribution is 7.92. The highest BCUT2D eigenvalue weighted by Gasteiger charge is 2.25. The SMILES string of the molecule is CCC(C)(C)NC(=O)CN(c1ccccc1F)S(C)(=O)=O. The Bertz CT molecular complexity index is 614. The fourth-order valence-electron chi connectivity index (χ4n) is 1.67. The van der Waals surface area contributed by atoms with Crippen LogP contribution >= 0.6 is 0 Å². The summed E-state index contributed by atoms with van der Waals surface area (Å²) >= 11 is 0. The van der Waals surface area contributed by atoms with Crippen LogP contribution in [0.25, 0.3) is 0 Å². The smallest absolute Gasteiger partial charge is 0.241 e. The lowest BCUT2D eigenvalue weighted by Gasteiger charge is -2.27. The molecule has 0 aliphatic rings. The molecule has 21 heavy (non-hydrogen) atoms. The van der Waals surface area contributed by atoms with E-state index in [-0.39, 0.29) is 5.69 Å². The van der Waals surface area contributed by atoms with Crippen LogP contribution in [-0.4, -0.2) is 32.7 Å². The van der Waals surface area contributed by atoms with Crippen LogP contribution in [0.3, 0.4) is 0 Å². The third-order valence-electron chi connectivity index (χ3n) is 3.17. The molecular formula is C14H21FN2O3S. The van der Waals surface area contributed by atoms with Crippen molar-refractivity contribution >= 4 is 21.6 Å². The number of carbonyl (C=O) groups excluding carboxylic acids is 1. The molecule has 0 fully saturated rings. The minimum absolute atomic E-state index is 0.135. The van der Waals surface area contributed by atoms with E-state index in [0.29, 0.717) is 6.42 Å². The van der Waals surface area contributed by atoms with Crippen molar-refractivity contribution in [1.82, 2.24) is 5.32 Å². The van der Waals surface area contributed by atoms with Gasteiger partial charge in [0, 0.05) is 5.54 Å². The van der Waals surface area contributed by atoms with Crippen molar-refractivity contribution in [3.8, 4) is 0 Å². The van der Waals surface area contributed by atoms with E-state index in [1.165, 1.54) is 18.2 Å². The molecule has 0 aliphatic heterocycles. The van der Waals surface area contributed by atoms with Crippen molar-refractivity contribution in [2.75, 3.05) is 17.1 Å². The Morgan fingerprint density at radius 2 is 1.90 bits per heavy atom. The molecule has 5 nitrogen and oxygen atoms in total. The lowest BCUT2D eigenvalue weighted by molar-refractivity contribution is -0.121. The van der Waals surface area contributed by atoms with Gasteiger partial charge < -0.3 is 5.32 Å². The molecule has 0 atom stereocenters. The van der Waals surface area contributed by atoms with Gasteiger partial charge in [0.15, 0.2) is 0 Å². The molecule has 118 valence electrons. The summed E-state index contributed by atoms with van der Waals surface area (Å²) in [6, 6.07) is 5.46. The Labute approximate surface area is 125 Å². The second kappa shape index (κ2) is 6.43. The molecule has 0 bridgehead atoms. The Morgan fingerprint density at radius 3 is 2.38 bits per heavy atom. The van der Waals surface area contributed by atoms with Crippen LogP contribution < -0.4 is 9.62 Å². The summed E-state index contributed by atoms with van der Waals surface area (Å²) in [5, 5.41) is 2.73. The predicted molar refractivity (Wildman–Crippen MR) is 81.1 cm³/mol. The lowest BCUT2D eigenvalue weighted by Crippen LogP contribution is -2.48. The molecule has 0 unspecified atom stereocenters. The molecule has 0 saturated heterocycles. The molecule has 1 N–H and O–H groups in total. The fraction of sp³-hybridized carbons (Fsp3) is 0.500. The highest BCUT2D eigenvalue weighted by Crippen LogP contribution is 2.21. The molecule has 0 spiro atoms. The molecule has 0 heterocycles. The van der Waals surface area contributed by atoms with Gasteiger partial charge in [0.25, 0.3) is 0 Å². The van der Waals surface area contributed by atoms with E-state index in [9.17, 15) is 17.6 Å². The monoisotopic (exact) mass is 316 g/mol. The number of para-hydroxylation sites is 1. The van der Waals surface area contributed by atoms with Crippen LogP contribution in [0, 0.1) is 5.82 Å². The zero-order valence-electron chi connectivity index (χ0n) is 12.7. The summed E-state index contributed by atoms with van der Waals surface area (Å²) in [6.45, 7) is 5.12. The first-order chi connectivity index (χ1) is 9.57. The average Bonchev–Trinajstić information content (AvgIpc) is 2.35. The number of sulfonamides is 1. The van der Waals surface area contributed by atoms with Crippen LogP contribution in [0.1, 0.15) is 27.2 Å². The second-order valence-corrected chi connectivity index (χ2v) is 7.41. The summed E-state index contributed by atoms with van der Waals surface area (Å²) in [5.74, 6) is -1.17. The van der Waals surface area contributed by atoms with Gasteiger partial charge in [0.2, 0.25) is 15.9 Å². The molecule has 0 saturated carbocycles. The third kappa shape index (κ3) is 5.00. The summed E-state index contributed by atoms with van der Waals surface area (Å²) in [7, 11) is -3.77. The van der Waals surface area contributed by atoms with Crippen LogP contribution in [0.4, 0.5) is 10.1 Å². The van der Waals surface area contributed by atoms with Crippen LogP contribution in [0.5, 0.6) is 0 Å². The third-order valence-corrected chi connectivity index (χ3v) is 4.30. The van der Waals surface area contributed by atoms with E-state index in [2.05, 4.69) is 5.32 Å². The Morgan fingerprint density at radius 1 is 1.33 bits per heavy atom. The second-order valence-electron chi connectivity index (χ2n) is 5.51. The van der Waals surface area contributed by atoms with E-state index >= 15 is 0 Å². The van der Waals surface area contributed by atoms with Gasteiger partial charge >= 0.3 is 0 Å². The van der Waals surface area contributed by atoms with Gasteiger partial charge in [-0.15, -0.1) is 0 Å². The minimum atomic E-state index is -3.77. The zero-order valence-corrected chi connectivity index (χ0v) is 13.5. The summed E-state index contributed by atoms with van der Waals surface area (Å²) in [6.07, 6.45) is 1.63. The number of amides is 1. The normalized spacial score (nSPS) is 12.0.